The van der Waals surface area contributed by atoms with Crippen LogP contribution in [0.3, 0.4) is 0 Å². The molecule has 0 bridgehead atoms. The predicted molar refractivity (Wildman–Crippen MR) is 86.0 cm³/mol. The third-order valence-electron chi connectivity index (χ3n) is 3.16. The van der Waals surface area contributed by atoms with Crippen LogP contribution < -0.4 is 10.5 Å². The Bertz CT molecular complexity index is 783. The van der Waals surface area contributed by atoms with Crippen LogP contribution >= 0.6 is 15.9 Å². The van der Waals surface area contributed by atoms with Gasteiger partial charge >= 0.3 is 0 Å². The van der Waals surface area contributed by atoms with E-state index in [-0.39, 0.29) is 0 Å². The van der Waals surface area contributed by atoms with Gasteiger partial charge < -0.3 is 15.0 Å². The number of nitrogens with two attached hydrogens (primary N) is 1. The molecule has 0 fully saturated rings. The zero-order valence-corrected chi connectivity index (χ0v) is 12.9. The van der Waals surface area contributed by atoms with Gasteiger partial charge in [0.05, 0.1) is 12.7 Å². The molecule has 21 heavy (non-hydrogen) atoms. The van der Waals surface area contributed by atoms with Gasteiger partial charge in [-0.2, -0.15) is 0 Å². The second-order valence-electron chi connectivity index (χ2n) is 4.51. The van der Waals surface area contributed by atoms with Crippen LogP contribution in [0, 0.1) is 0 Å². The average Bonchev–Trinajstić information content (AvgIpc) is 2.89. The van der Waals surface area contributed by atoms with Crippen LogP contribution in [0.2, 0.25) is 0 Å². The summed E-state index contributed by atoms with van der Waals surface area (Å²) in [6.07, 6.45) is 0. The van der Waals surface area contributed by atoms with Crippen molar-refractivity contribution in [1.29, 1.82) is 0 Å². The second-order valence-corrected chi connectivity index (χ2v) is 5.43. The van der Waals surface area contributed by atoms with Gasteiger partial charge in [0.1, 0.15) is 5.75 Å². The van der Waals surface area contributed by atoms with Crippen molar-refractivity contribution in [3.8, 4) is 28.2 Å². The molecule has 1 aromatic heterocycles. The fraction of sp³-hybridized carbons (Fsp3) is 0.0625. The summed E-state index contributed by atoms with van der Waals surface area (Å²) in [7, 11) is 1.63. The Morgan fingerprint density at radius 2 is 1.86 bits per heavy atom. The zero-order chi connectivity index (χ0) is 14.8. The van der Waals surface area contributed by atoms with Crippen LogP contribution in [-0.4, -0.2) is 12.3 Å². The fourth-order valence-corrected chi connectivity index (χ4v) is 2.59. The SMILES string of the molecule is COc1cccc(-c2c(N)noc2-c2cccc(Br)c2)c1. The number of hydrogen-bond donors (Lipinski definition) is 1. The third-order valence-corrected chi connectivity index (χ3v) is 3.66. The molecule has 2 N–H and O–H groups in total. The van der Waals surface area contributed by atoms with Crippen molar-refractivity contribution in [3.63, 3.8) is 0 Å². The molecule has 0 atom stereocenters. The van der Waals surface area contributed by atoms with Crippen molar-refractivity contribution in [2.75, 3.05) is 12.8 Å². The predicted octanol–water partition coefficient (Wildman–Crippen LogP) is 4.36. The average molecular weight is 345 g/mol. The van der Waals surface area contributed by atoms with E-state index in [4.69, 9.17) is 15.0 Å². The number of hydrogen-bond acceptors (Lipinski definition) is 4. The lowest BCUT2D eigenvalue weighted by Gasteiger charge is -2.05. The number of rotatable bonds is 3. The molecule has 1 heterocycles. The second kappa shape index (κ2) is 5.61. The Balaban J connectivity index is 2.17. The first-order valence-corrected chi connectivity index (χ1v) is 7.14. The Hall–Kier alpha value is -2.27. The fourth-order valence-electron chi connectivity index (χ4n) is 2.19. The number of anilines is 1. The molecular formula is C16H13BrN2O2. The lowest BCUT2D eigenvalue weighted by atomic mass is 10.0. The molecule has 4 nitrogen and oxygen atoms in total. The van der Waals surface area contributed by atoms with Crippen LogP contribution in [0.25, 0.3) is 22.5 Å². The molecule has 0 aliphatic carbocycles. The summed E-state index contributed by atoms with van der Waals surface area (Å²) >= 11 is 3.46. The summed E-state index contributed by atoms with van der Waals surface area (Å²) in [5, 5.41) is 3.90. The van der Waals surface area contributed by atoms with E-state index < -0.39 is 0 Å². The van der Waals surface area contributed by atoms with Crippen LogP contribution in [-0.2, 0) is 0 Å². The molecule has 3 rings (SSSR count). The maximum Gasteiger partial charge on any atom is 0.176 e. The van der Waals surface area contributed by atoms with Gasteiger partial charge in [-0.1, -0.05) is 45.4 Å². The highest BCUT2D eigenvalue weighted by Crippen LogP contribution is 2.38. The van der Waals surface area contributed by atoms with E-state index in [9.17, 15) is 0 Å². The minimum absolute atomic E-state index is 0.359. The first kappa shape index (κ1) is 13.7. The van der Waals surface area contributed by atoms with Gasteiger partial charge in [0.15, 0.2) is 11.6 Å². The van der Waals surface area contributed by atoms with Crippen LogP contribution in [0.15, 0.2) is 57.5 Å². The molecule has 0 aliphatic rings. The van der Waals surface area contributed by atoms with E-state index in [2.05, 4.69) is 21.1 Å². The molecule has 0 aliphatic heterocycles. The highest BCUT2D eigenvalue weighted by molar-refractivity contribution is 9.10. The van der Waals surface area contributed by atoms with Crippen LogP contribution in [0.4, 0.5) is 5.82 Å². The molecule has 106 valence electrons. The first-order valence-electron chi connectivity index (χ1n) is 6.34. The highest BCUT2D eigenvalue weighted by Gasteiger charge is 2.18. The minimum atomic E-state index is 0.359. The largest absolute Gasteiger partial charge is 0.497 e. The highest BCUT2D eigenvalue weighted by atomic mass is 79.9. The van der Waals surface area contributed by atoms with Crippen molar-refractivity contribution in [2.45, 2.75) is 0 Å². The summed E-state index contributed by atoms with van der Waals surface area (Å²) in [4.78, 5) is 0. The number of ether oxygens (including phenoxy) is 1. The van der Waals surface area contributed by atoms with Crippen LogP contribution in [0.5, 0.6) is 5.75 Å². The topological polar surface area (TPSA) is 61.3 Å². The van der Waals surface area contributed by atoms with Gasteiger partial charge in [0, 0.05) is 10.0 Å². The number of nitrogens with zero attached hydrogens (tertiary/aromatic N) is 1. The third kappa shape index (κ3) is 2.64. The van der Waals surface area contributed by atoms with E-state index in [0.29, 0.717) is 11.6 Å². The molecule has 0 radical (unpaired) electrons. The number of halogens is 1. The number of aromatic nitrogens is 1. The summed E-state index contributed by atoms with van der Waals surface area (Å²) in [6.45, 7) is 0. The molecular weight excluding hydrogens is 332 g/mol. The van der Waals surface area contributed by atoms with Gasteiger partial charge in [-0.3, -0.25) is 0 Å². The van der Waals surface area contributed by atoms with Crippen molar-refractivity contribution < 1.29 is 9.26 Å². The van der Waals surface area contributed by atoms with Gasteiger partial charge in [0.25, 0.3) is 0 Å². The molecule has 5 heteroatoms. The Kier molecular flexibility index (Phi) is 3.66. The molecule has 0 unspecified atom stereocenters. The normalized spacial score (nSPS) is 10.6. The Labute approximate surface area is 130 Å². The smallest absolute Gasteiger partial charge is 0.176 e. The van der Waals surface area contributed by atoms with Gasteiger partial charge in [-0.05, 0) is 29.8 Å². The number of benzene rings is 2. The van der Waals surface area contributed by atoms with Crippen molar-refractivity contribution in [1.82, 2.24) is 5.16 Å². The van der Waals surface area contributed by atoms with Gasteiger partial charge in [0.2, 0.25) is 0 Å². The summed E-state index contributed by atoms with van der Waals surface area (Å²) in [5.41, 5.74) is 8.57. The lowest BCUT2D eigenvalue weighted by molar-refractivity contribution is 0.415. The summed E-state index contributed by atoms with van der Waals surface area (Å²) in [5.74, 6) is 1.76. The molecule has 2 aromatic carbocycles. The Morgan fingerprint density at radius 1 is 1.10 bits per heavy atom. The Morgan fingerprint density at radius 3 is 2.62 bits per heavy atom. The van der Waals surface area contributed by atoms with Crippen molar-refractivity contribution >= 4 is 21.7 Å². The zero-order valence-electron chi connectivity index (χ0n) is 11.3. The van der Waals surface area contributed by atoms with Crippen molar-refractivity contribution in [3.05, 3.63) is 53.0 Å². The minimum Gasteiger partial charge on any atom is -0.497 e. The molecule has 0 saturated carbocycles. The quantitative estimate of drug-likeness (QED) is 0.766. The maximum absolute atomic E-state index is 5.98. The molecule has 0 spiro atoms. The molecule has 0 amide bonds. The van der Waals surface area contributed by atoms with E-state index in [0.717, 1.165) is 26.9 Å². The number of nitrogen functional groups attached to an aromatic ring is 1. The van der Waals surface area contributed by atoms with E-state index in [1.54, 1.807) is 7.11 Å². The van der Waals surface area contributed by atoms with Gasteiger partial charge in [-0.25, -0.2) is 0 Å². The first-order chi connectivity index (χ1) is 10.2. The van der Waals surface area contributed by atoms with Gasteiger partial charge in [-0.15, -0.1) is 0 Å². The standard InChI is InChI=1S/C16H13BrN2O2/c1-20-13-7-3-4-10(9-13)14-15(21-19-16(14)18)11-5-2-6-12(17)8-11/h2-9H,1H3,(H2,18,19). The van der Waals surface area contributed by atoms with Crippen LogP contribution in [0.1, 0.15) is 0 Å². The summed E-state index contributed by atoms with van der Waals surface area (Å²) < 4.78 is 11.7. The van der Waals surface area contributed by atoms with Crippen molar-refractivity contribution in [2.24, 2.45) is 0 Å². The lowest BCUT2D eigenvalue weighted by Crippen LogP contribution is -1.90. The number of methoxy groups -OCH3 is 1. The monoisotopic (exact) mass is 344 g/mol. The molecule has 3 aromatic rings. The maximum atomic E-state index is 5.98. The summed E-state index contributed by atoms with van der Waals surface area (Å²) in [6, 6.07) is 15.5. The van der Waals surface area contributed by atoms with E-state index in [1.165, 1.54) is 0 Å². The molecule has 0 saturated heterocycles. The van der Waals surface area contributed by atoms with E-state index >= 15 is 0 Å². The van der Waals surface area contributed by atoms with E-state index in [1.807, 2.05) is 48.5 Å².